The molecule has 1 amide bonds. The van der Waals surface area contributed by atoms with E-state index in [0.29, 0.717) is 11.1 Å². The molecule has 158 valence electrons. The van der Waals surface area contributed by atoms with Gasteiger partial charge in [-0.2, -0.15) is 5.10 Å². The van der Waals surface area contributed by atoms with Crippen LogP contribution in [0.15, 0.2) is 84.0 Å². The first-order chi connectivity index (χ1) is 15.2. The van der Waals surface area contributed by atoms with Crippen molar-refractivity contribution >= 4 is 17.8 Å². The number of rotatable bonds is 6. The summed E-state index contributed by atoms with van der Waals surface area (Å²) in [7, 11) is 0. The van der Waals surface area contributed by atoms with Gasteiger partial charge in [-0.3, -0.25) is 4.79 Å². The fraction of sp³-hybridized carbons (Fsp3) is 0.200. The zero-order valence-corrected chi connectivity index (χ0v) is 17.3. The van der Waals surface area contributed by atoms with E-state index in [9.17, 15) is 9.90 Å². The van der Waals surface area contributed by atoms with Gasteiger partial charge >= 0.3 is 0 Å². The molecule has 1 heterocycles. The fourth-order valence-electron chi connectivity index (χ4n) is 3.77. The molecule has 1 fully saturated rings. The van der Waals surface area contributed by atoms with E-state index in [1.165, 1.54) is 23.5 Å². The molecule has 1 aliphatic heterocycles. The highest BCUT2D eigenvalue weighted by Gasteiger charge is 2.20. The number of hydrogen-bond donors (Lipinski definition) is 2. The summed E-state index contributed by atoms with van der Waals surface area (Å²) in [6.07, 6.45) is 1.37. The first-order valence-electron chi connectivity index (χ1n) is 10.5. The van der Waals surface area contributed by atoms with E-state index in [1.807, 2.05) is 30.3 Å². The molecule has 1 saturated heterocycles. The molecule has 3 aromatic rings. The van der Waals surface area contributed by atoms with Gasteiger partial charge in [0.25, 0.3) is 5.91 Å². The number of piperazine rings is 1. The van der Waals surface area contributed by atoms with Crippen LogP contribution in [0.4, 0.5) is 5.69 Å². The number of carbonyl (C=O) groups is 1. The van der Waals surface area contributed by atoms with Crippen molar-refractivity contribution in [2.45, 2.75) is 6.54 Å². The van der Waals surface area contributed by atoms with Crippen molar-refractivity contribution < 1.29 is 14.8 Å². The first-order valence-corrected chi connectivity index (χ1v) is 10.5. The van der Waals surface area contributed by atoms with E-state index < -0.39 is 0 Å². The lowest BCUT2D eigenvalue weighted by atomic mass is 10.1. The van der Waals surface area contributed by atoms with Gasteiger partial charge in [-0.1, -0.05) is 60.3 Å². The van der Waals surface area contributed by atoms with E-state index in [0.717, 1.165) is 32.7 Å². The topological polar surface area (TPSA) is 72.2 Å². The number of carbonyl (C=O) groups excluding carboxylic acids is 1. The third-order valence-electron chi connectivity index (χ3n) is 5.55. The molecule has 1 aliphatic rings. The average molecular weight is 415 g/mol. The number of hydrogen-bond acceptors (Lipinski definition) is 4. The Kier molecular flexibility index (Phi) is 6.59. The maximum Gasteiger partial charge on any atom is 0.271 e. The summed E-state index contributed by atoms with van der Waals surface area (Å²) in [5.41, 5.74) is 5.96. The average Bonchev–Trinajstić information content (AvgIpc) is 2.82. The minimum Gasteiger partial charge on any atom is -0.872 e. The Bertz CT molecular complexity index is 1030. The number of amides is 1. The van der Waals surface area contributed by atoms with Crippen LogP contribution >= 0.6 is 0 Å². The van der Waals surface area contributed by atoms with Crippen LogP contribution in [0, 0.1) is 0 Å². The Morgan fingerprint density at radius 1 is 0.968 bits per heavy atom. The van der Waals surface area contributed by atoms with Gasteiger partial charge in [0, 0.05) is 16.8 Å². The van der Waals surface area contributed by atoms with Crippen LogP contribution in [0.2, 0.25) is 0 Å². The molecule has 0 bridgehead atoms. The van der Waals surface area contributed by atoms with Crippen molar-refractivity contribution in [3.05, 3.63) is 95.6 Å². The molecule has 0 atom stereocenters. The second-order valence-corrected chi connectivity index (χ2v) is 7.68. The largest absolute Gasteiger partial charge is 0.872 e. The van der Waals surface area contributed by atoms with E-state index in [4.69, 9.17) is 0 Å². The number of quaternary nitrogens is 1. The van der Waals surface area contributed by atoms with E-state index in [2.05, 4.69) is 39.7 Å². The van der Waals surface area contributed by atoms with Crippen LogP contribution in [0.3, 0.4) is 0 Å². The van der Waals surface area contributed by atoms with Gasteiger partial charge in [0.1, 0.15) is 6.54 Å². The van der Waals surface area contributed by atoms with Crippen molar-refractivity contribution in [2.24, 2.45) is 5.10 Å². The van der Waals surface area contributed by atoms with E-state index in [1.54, 1.807) is 23.1 Å². The molecule has 6 heteroatoms. The van der Waals surface area contributed by atoms with Gasteiger partial charge in [-0.15, -0.1) is 0 Å². The first kappa shape index (κ1) is 20.6. The molecule has 0 aromatic heterocycles. The Balaban J connectivity index is 1.26. The molecule has 0 unspecified atom stereocenters. The smallest absolute Gasteiger partial charge is 0.271 e. The molecule has 0 spiro atoms. The summed E-state index contributed by atoms with van der Waals surface area (Å²) in [6.45, 7) is 5.22. The van der Waals surface area contributed by atoms with E-state index >= 15 is 0 Å². The van der Waals surface area contributed by atoms with Crippen LogP contribution in [-0.4, -0.2) is 38.3 Å². The summed E-state index contributed by atoms with van der Waals surface area (Å²) >= 11 is 0. The number of nitrogens with one attached hydrogen (secondary N) is 2. The summed E-state index contributed by atoms with van der Waals surface area (Å²) in [5, 5.41) is 15.5. The summed E-state index contributed by atoms with van der Waals surface area (Å²) in [4.78, 5) is 16.3. The highest BCUT2D eigenvalue weighted by atomic mass is 16.3. The van der Waals surface area contributed by atoms with E-state index in [-0.39, 0.29) is 11.7 Å². The normalized spacial score (nSPS) is 14.6. The molecule has 4 rings (SSSR count). The molecule has 3 aromatic carbocycles. The second kappa shape index (κ2) is 9.91. The Morgan fingerprint density at radius 3 is 2.35 bits per heavy atom. The zero-order valence-electron chi connectivity index (χ0n) is 17.3. The van der Waals surface area contributed by atoms with Gasteiger partial charge in [0.2, 0.25) is 0 Å². The highest BCUT2D eigenvalue weighted by Crippen LogP contribution is 2.13. The van der Waals surface area contributed by atoms with Crippen LogP contribution in [0.1, 0.15) is 21.5 Å². The third kappa shape index (κ3) is 5.49. The number of hydrazone groups is 1. The van der Waals surface area contributed by atoms with Crippen molar-refractivity contribution in [3.8, 4) is 5.75 Å². The molecule has 31 heavy (non-hydrogen) atoms. The van der Waals surface area contributed by atoms with Crippen LogP contribution < -0.4 is 20.3 Å². The summed E-state index contributed by atoms with van der Waals surface area (Å²) < 4.78 is 0. The number of nitrogens with zero attached hydrogens (tertiary/aromatic N) is 2. The molecule has 0 radical (unpaired) electrons. The lowest BCUT2D eigenvalue weighted by Crippen LogP contribution is -3.13. The Morgan fingerprint density at radius 2 is 1.65 bits per heavy atom. The quantitative estimate of drug-likeness (QED) is 0.474. The van der Waals surface area contributed by atoms with Gasteiger partial charge in [-0.25, -0.2) is 5.43 Å². The fourth-order valence-corrected chi connectivity index (χ4v) is 3.77. The summed E-state index contributed by atoms with van der Waals surface area (Å²) in [6, 6.07) is 24.7. The molecule has 0 aliphatic carbocycles. The maximum atomic E-state index is 12.3. The minimum absolute atomic E-state index is 0.128. The SMILES string of the molecule is O=C(N/N=C/c1ccccc1[O-])c1ccc(C[NH+]2CCN(c3ccccc3)CC2)cc1. The van der Waals surface area contributed by atoms with Crippen molar-refractivity contribution in [3.63, 3.8) is 0 Å². The van der Waals surface area contributed by atoms with Crippen molar-refractivity contribution in [2.75, 3.05) is 31.1 Å². The maximum absolute atomic E-state index is 12.3. The molecule has 6 nitrogen and oxygen atoms in total. The third-order valence-corrected chi connectivity index (χ3v) is 5.55. The molecular formula is C25H26N4O2. The minimum atomic E-state index is -0.296. The number of anilines is 1. The predicted octanol–water partition coefficient (Wildman–Crippen LogP) is 1.43. The van der Waals surface area contributed by atoms with Gasteiger partial charge in [-0.05, 0) is 29.8 Å². The lowest BCUT2D eigenvalue weighted by molar-refractivity contribution is -0.914. The predicted molar refractivity (Wildman–Crippen MR) is 120 cm³/mol. The number of para-hydroxylation sites is 2. The standard InChI is InChI=1S/C25H26N4O2/c30-24-9-5-4-6-22(24)18-26-27-25(31)21-12-10-20(11-13-21)19-28-14-16-29(17-15-28)23-7-2-1-3-8-23/h1-13,18,30H,14-17,19H2,(H,27,31)/b26-18+. The number of benzene rings is 3. The van der Waals surface area contributed by atoms with Gasteiger partial charge in [0.15, 0.2) is 0 Å². The zero-order chi connectivity index (χ0) is 21.5. The summed E-state index contributed by atoms with van der Waals surface area (Å²) in [5.74, 6) is -0.424. The molecule has 0 saturated carbocycles. The van der Waals surface area contributed by atoms with Crippen molar-refractivity contribution in [1.29, 1.82) is 0 Å². The van der Waals surface area contributed by atoms with Crippen LogP contribution in [-0.2, 0) is 6.54 Å². The lowest BCUT2D eigenvalue weighted by Gasteiger charge is -2.33. The molecular weight excluding hydrogens is 388 g/mol. The van der Waals surface area contributed by atoms with Crippen LogP contribution in [0.5, 0.6) is 5.75 Å². The second-order valence-electron chi connectivity index (χ2n) is 7.68. The monoisotopic (exact) mass is 414 g/mol. The Hall–Kier alpha value is -3.64. The van der Waals surface area contributed by atoms with Crippen molar-refractivity contribution in [1.82, 2.24) is 5.43 Å². The van der Waals surface area contributed by atoms with Crippen LogP contribution in [0.25, 0.3) is 0 Å². The van der Waals surface area contributed by atoms with Gasteiger partial charge in [0.05, 0.1) is 32.4 Å². The Labute approximate surface area is 182 Å². The highest BCUT2D eigenvalue weighted by molar-refractivity contribution is 5.95. The molecule has 2 N–H and O–H groups in total. The van der Waals surface area contributed by atoms with Gasteiger partial charge < -0.3 is 14.9 Å².